The number of nitrogens with one attached hydrogen (secondary N) is 1. The molecule has 1 amide bonds. The van der Waals surface area contributed by atoms with E-state index in [9.17, 15) is 24.8 Å². The predicted molar refractivity (Wildman–Crippen MR) is 79.3 cm³/mol. The fourth-order valence-corrected chi connectivity index (χ4v) is 2.82. The fourth-order valence-electron chi connectivity index (χ4n) is 2.82. The van der Waals surface area contributed by atoms with Crippen LogP contribution >= 0.6 is 0 Å². The lowest BCUT2D eigenvalue weighted by Crippen LogP contribution is -2.97. The smallest absolute Gasteiger partial charge is 0.271 e. The van der Waals surface area contributed by atoms with E-state index in [0.29, 0.717) is 0 Å². The van der Waals surface area contributed by atoms with Gasteiger partial charge in [-0.15, -0.1) is 0 Å². The predicted octanol–water partition coefficient (Wildman–Crippen LogP) is -0.452. The molecule has 0 saturated heterocycles. The minimum absolute atomic E-state index is 0.142. The number of hydrogen-bond acceptors (Lipinski definition) is 5. The number of hydrogen-bond donors (Lipinski definition) is 2. The van der Waals surface area contributed by atoms with Crippen LogP contribution in [0.3, 0.4) is 0 Å². The Morgan fingerprint density at radius 3 is 2.65 bits per heavy atom. The average molecular weight is 321 g/mol. The second-order valence-electron chi connectivity index (χ2n) is 5.72. The van der Waals surface area contributed by atoms with Gasteiger partial charge in [0, 0.05) is 17.8 Å². The molecule has 1 fully saturated rings. The second kappa shape index (κ2) is 7.68. The van der Waals surface area contributed by atoms with Gasteiger partial charge in [0.2, 0.25) is 5.91 Å². The molecule has 0 aliphatic heterocycles. The maximum atomic E-state index is 12.0. The van der Waals surface area contributed by atoms with Gasteiger partial charge in [0.25, 0.3) is 5.69 Å². The Morgan fingerprint density at radius 2 is 2.04 bits per heavy atom. The number of carboxylic acid groups (broad SMARTS) is 1. The molecule has 1 aromatic carbocycles. The van der Waals surface area contributed by atoms with E-state index in [2.05, 4.69) is 5.32 Å². The summed E-state index contributed by atoms with van der Waals surface area (Å²) in [6.45, 7) is 0. The lowest BCUT2D eigenvalue weighted by Gasteiger charge is -2.20. The summed E-state index contributed by atoms with van der Waals surface area (Å²) in [6, 6.07) is 4.77. The molecule has 1 saturated carbocycles. The van der Waals surface area contributed by atoms with Crippen molar-refractivity contribution in [3.05, 3.63) is 34.4 Å². The minimum atomic E-state index is -1.27. The number of non-ortho nitro benzene ring substituents is 1. The Labute approximate surface area is 133 Å². The zero-order valence-electron chi connectivity index (χ0n) is 12.6. The first kappa shape index (κ1) is 16.9. The number of anilines is 1. The molecule has 2 rings (SSSR count). The van der Waals surface area contributed by atoms with E-state index < -0.39 is 22.8 Å². The Bertz CT molecular complexity index is 599. The number of aliphatic carboxylic acids is 1. The number of benzene rings is 1. The van der Waals surface area contributed by atoms with E-state index >= 15 is 0 Å². The molecule has 1 atom stereocenters. The molecule has 8 heteroatoms. The van der Waals surface area contributed by atoms with Gasteiger partial charge >= 0.3 is 0 Å². The van der Waals surface area contributed by atoms with E-state index in [1.54, 1.807) is 5.32 Å². The third kappa shape index (κ3) is 5.03. The molecule has 0 spiro atoms. The summed E-state index contributed by atoms with van der Waals surface area (Å²) in [6.07, 6.45) is 3.79. The van der Waals surface area contributed by atoms with Gasteiger partial charge in [0.1, 0.15) is 6.04 Å². The summed E-state index contributed by atoms with van der Waals surface area (Å²) >= 11 is 0. The van der Waals surface area contributed by atoms with E-state index in [-0.39, 0.29) is 23.8 Å². The molecule has 23 heavy (non-hydrogen) atoms. The first-order valence-electron chi connectivity index (χ1n) is 7.56. The van der Waals surface area contributed by atoms with Crippen LogP contribution in [-0.4, -0.2) is 28.9 Å². The van der Waals surface area contributed by atoms with Crippen molar-refractivity contribution in [1.82, 2.24) is 0 Å². The van der Waals surface area contributed by atoms with Crippen LogP contribution in [-0.2, 0) is 9.59 Å². The summed E-state index contributed by atoms with van der Waals surface area (Å²) in [4.78, 5) is 33.3. The van der Waals surface area contributed by atoms with Crippen LogP contribution in [0.25, 0.3) is 0 Å². The van der Waals surface area contributed by atoms with Crippen molar-refractivity contribution >= 4 is 23.3 Å². The maximum absolute atomic E-state index is 12.0. The molecular formula is C15H19N3O5. The summed E-state index contributed by atoms with van der Waals surface area (Å²) in [5, 5.41) is 26.1. The molecule has 8 nitrogen and oxygen atoms in total. The number of nitro groups is 1. The van der Waals surface area contributed by atoms with E-state index in [4.69, 9.17) is 0 Å². The number of carboxylic acids is 1. The number of quaternary nitrogens is 1. The topological polar surface area (TPSA) is 129 Å². The van der Waals surface area contributed by atoms with Crippen LogP contribution in [0.15, 0.2) is 24.3 Å². The van der Waals surface area contributed by atoms with E-state index in [1.165, 1.54) is 24.3 Å². The molecule has 124 valence electrons. The van der Waals surface area contributed by atoms with Crippen molar-refractivity contribution in [3.63, 3.8) is 0 Å². The average Bonchev–Trinajstić information content (AvgIpc) is 2.99. The highest BCUT2D eigenvalue weighted by atomic mass is 16.6. The zero-order valence-corrected chi connectivity index (χ0v) is 12.6. The molecule has 0 radical (unpaired) electrons. The summed E-state index contributed by atoms with van der Waals surface area (Å²) < 4.78 is 0. The first-order chi connectivity index (χ1) is 11.0. The van der Waals surface area contributed by atoms with Crippen molar-refractivity contribution in [2.24, 2.45) is 0 Å². The Balaban J connectivity index is 1.94. The van der Waals surface area contributed by atoms with Crippen molar-refractivity contribution in [3.8, 4) is 0 Å². The van der Waals surface area contributed by atoms with Crippen LogP contribution in [0, 0.1) is 10.1 Å². The second-order valence-corrected chi connectivity index (χ2v) is 5.72. The molecule has 0 bridgehead atoms. The highest BCUT2D eigenvalue weighted by Crippen LogP contribution is 2.17. The van der Waals surface area contributed by atoms with Gasteiger partial charge in [-0.05, 0) is 31.7 Å². The summed E-state index contributed by atoms with van der Waals surface area (Å²) in [7, 11) is 0. The van der Waals surface area contributed by atoms with Crippen molar-refractivity contribution < 1.29 is 24.9 Å². The number of amides is 1. The minimum Gasteiger partial charge on any atom is -0.544 e. The SMILES string of the molecule is O=C(C[C@H]([NH2+]C1CCCC1)C(=O)[O-])Nc1cccc([N+](=O)[O-])c1. The normalized spacial score (nSPS) is 16.0. The van der Waals surface area contributed by atoms with Gasteiger partial charge in [-0.25, -0.2) is 0 Å². The number of carbonyl (C=O) groups excluding carboxylic acids is 2. The van der Waals surface area contributed by atoms with Crippen LogP contribution in [0.5, 0.6) is 0 Å². The maximum Gasteiger partial charge on any atom is 0.271 e. The Kier molecular flexibility index (Phi) is 5.64. The zero-order chi connectivity index (χ0) is 16.8. The summed E-state index contributed by atoms with van der Waals surface area (Å²) in [5.74, 6) is -1.78. The fraction of sp³-hybridized carbons (Fsp3) is 0.467. The molecule has 0 unspecified atom stereocenters. The van der Waals surface area contributed by atoms with Gasteiger partial charge in [-0.2, -0.15) is 0 Å². The Morgan fingerprint density at radius 1 is 1.35 bits per heavy atom. The van der Waals surface area contributed by atoms with Gasteiger partial charge in [-0.3, -0.25) is 14.9 Å². The quantitative estimate of drug-likeness (QED) is 0.519. The summed E-state index contributed by atoms with van der Waals surface area (Å²) in [5.41, 5.74) is 0.124. The number of carbonyl (C=O) groups is 2. The lowest BCUT2D eigenvalue weighted by molar-refractivity contribution is -0.713. The van der Waals surface area contributed by atoms with Crippen molar-refractivity contribution in [2.75, 3.05) is 5.32 Å². The van der Waals surface area contributed by atoms with Gasteiger partial charge in [-0.1, -0.05) is 6.07 Å². The lowest BCUT2D eigenvalue weighted by atomic mass is 10.1. The van der Waals surface area contributed by atoms with Crippen LogP contribution in [0.2, 0.25) is 0 Å². The van der Waals surface area contributed by atoms with Gasteiger partial charge in [0.05, 0.1) is 23.4 Å². The van der Waals surface area contributed by atoms with Gasteiger partial charge < -0.3 is 20.5 Å². The van der Waals surface area contributed by atoms with E-state index in [0.717, 1.165) is 25.7 Å². The van der Waals surface area contributed by atoms with Crippen molar-refractivity contribution in [1.29, 1.82) is 0 Å². The molecule has 3 N–H and O–H groups in total. The van der Waals surface area contributed by atoms with Crippen LogP contribution in [0.1, 0.15) is 32.1 Å². The third-order valence-corrected chi connectivity index (χ3v) is 3.95. The molecule has 1 aliphatic rings. The monoisotopic (exact) mass is 321 g/mol. The van der Waals surface area contributed by atoms with Crippen molar-refractivity contribution in [2.45, 2.75) is 44.2 Å². The third-order valence-electron chi connectivity index (χ3n) is 3.95. The number of rotatable bonds is 7. The number of nitrogens with two attached hydrogens (primary N) is 1. The highest BCUT2D eigenvalue weighted by molar-refractivity contribution is 5.93. The number of nitrogens with zero attached hydrogens (tertiary/aromatic N) is 1. The van der Waals surface area contributed by atoms with Gasteiger partial charge in [0.15, 0.2) is 0 Å². The van der Waals surface area contributed by atoms with E-state index in [1.807, 2.05) is 0 Å². The highest BCUT2D eigenvalue weighted by Gasteiger charge is 2.25. The van der Waals surface area contributed by atoms with Crippen LogP contribution in [0.4, 0.5) is 11.4 Å². The molecular weight excluding hydrogens is 302 g/mol. The molecule has 0 aromatic heterocycles. The number of nitro benzene ring substituents is 1. The Hall–Kier alpha value is -2.48. The first-order valence-corrected chi connectivity index (χ1v) is 7.56. The largest absolute Gasteiger partial charge is 0.544 e. The molecule has 0 heterocycles. The standard InChI is InChI=1S/C15H19N3O5/c19-14(17-11-6-3-7-12(8-11)18(22)23)9-13(15(20)21)16-10-4-1-2-5-10/h3,6-8,10,13,16H,1-2,4-5,9H2,(H,17,19)(H,20,21)/t13-/m0/s1. The molecule has 1 aliphatic carbocycles. The van der Waals surface area contributed by atoms with Crippen LogP contribution < -0.4 is 15.7 Å². The molecule has 1 aromatic rings.